The van der Waals surface area contributed by atoms with Crippen LogP contribution < -0.4 is 10.6 Å². The second kappa shape index (κ2) is 10.6. The van der Waals surface area contributed by atoms with Gasteiger partial charge in [0.05, 0.1) is 18.4 Å². The van der Waals surface area contributed by atoms with Crippen LogP contribution in [0.3, 0.4) is 0 Å². The summed E-state index contributed by atoms with van der Waals surface area (Å²) in [6.07, 6.45) is 4.77. The lowest BCUT2D eigenvalue weighted by atomic mass is 9.95. The van der Waals surface area contributed by atoms with Gasteiger partial charge in [-0.15, -0.1) is 0 Å². The number of carbonyl (C=O) groups excluding carboxylic acids is 1. The van der Waals surface area contributed by atoms with E-state index < -0.39 is 12.0 Å². The number of carboxylic acid groups (broad SMARTS) is 1. The topological polar surface area (TPSA) is 94.6 Å². The van der Waals surface area contributed by atoms with Crippen LogP contribution in [0.25, 0.3) is 0 Å². The zero-order valence-corrected chi connectivity index (χ0v) is 18.4. The molecule has 2 aliphatic heterocycles. The molecule has 0 bridgehead atoms. The number of amides is 1. The molecular formula is C25H32N4O3. The van der Waals surface area contributed by atoms with Crippen LogP contribution in [-0.4, -0.2) is 53.0 Å². The third kappa shape index (κ3) is 5.85. The minimum absolute atomic E-state index is 0.0547. The van der Waals surface area contributed by atoms with Crippen molar-refractivity contribution in [2.45, 2.75) is 44.6 Å². The summed E-state index contributed by atoms with van der Waals surface area (Å²) in [7, 11) is 0. The Morgan fingerprint density at radius 2 is 2.03 bits per heavy atom. The third-order valence-corrected chi connectivity index (χ3v) is 6.41. The Kier molecular flexibility index (Phi) is 7.37. The van der Waals surface area contributed by atoms with Crippen molar-refractivity contribution in [1.82, 2.24) is 15.2 Å². The number of carboxylic acids is 1. The normalized spacial score (nSPS) is 19.4. The van der Waals surface area contributed by atoms with E-state index in [9.17, 15) is 14.7 Å². The maximum Gasteiger partial charge on any atom is 0.305 e. The number of aromatic nitrogens is 1. The average Bonchev–Trinajstić information content (AvgIpc) is 2.82. The zero-order chi connectivity index (χ0) is 22.3. The van der Waals surface area contributed by atoms with Crippen molar-refractivity contribution < 1.29 is 14.7 Å². The van der Waals surface area contributed by atoms with Crippen molar-refractivity contribution in [1.29, 1.82) is 0 Å². The molecule has 170 valence electrons. The van der Waals surface area contributed by atoms with E-state index in [4.69, 9.17) is 4.98 Å². The van der Waals surface area contributed by atoms with Gasteiger partial charge in [0.1, 0.15) is 5.82 Å². The average molecular weight is 437 g/mol. The molecule has 0 spiro atoms. The van der Waals surface area contributed by atoms with Gasteiger partial charge in [-0.2, -0.15) is 0 Å². The summed E-state index contributed by atoms with van der Waals surface area (Å²) < 4.78 is 0. The molecule has 2 aliphatic rings. The number of benzene rings is 1. The molecule has 1 saturated heterocycles. The number of nitrogens with zero attached hydrogens (tertiary/aromatic N) is 2. The standard InChI is InChI=1S/C25H32N4O3/c30-23(31)16-22(18-6-2-1-3-7-18)28-25(32)20-9-5-14-29(17-20)15-12-21-11-10-19-8-4-13-26-24(19)27-21/h1-3,6-7,10-11,20,22H,4-5,8-9,12-17H2,(H,26,27)(H,28,32)(H,30,31)/t20-,22?/m1/s1. The van der Waals surface area contributed by atoms with Crippen LogP contribution in [-0.2, 0) is 22.4 Å². The van der Waals surface area contributed by atoms with Crippen molar-refractivity contribution in [3.05, 3.63) is 59.3 Å². The summed E-state index contributed by atoms with van der Waals surface area (Å²) in [5.74, 6) is -0.0747. The molecule has 3 heterocycles. The number of likely N-dealkylation sites (tertiary alicyclic amines) is 1. The highest BCUT2D eigenvalue weighted by Crippen LogP contribution is 2.23. The van der Waals surface area contributed by atoms with Gasteiger partial charge < -0.3 is 20.6 Å². The minimum Gasteiger partial charge on any atom is -0.481 e. The fourth-order valence-corrected chi connectivity index (χ4v) is 4.66. The first-order valence-electron chi connectivity index (χ1n) is 11.6. The zero-order valence-electron chi connectivity index (χ0n) is 18.4. The van der Waals surface area contributed by atoms with E-state index >= 15 is 0 Å². The van der Waals surface area contributed by atoms with Gasteiger partial charge in [0, 0.05) is 31.7 Å². The number of carbonyl (C=O) groups is 2. The first kappa shape index (κ1) is 22.3. The number of aryl methyl sites for hydroxylation is 1. The lowest BCUT2D eigenvalue weighted by Gasteiger charge is -2.33. The van der Waals surface area contributed by atoms with E-state index in [0.717, 1.165) is 68.8 Å². The molecular weight excluding hydrogens is 404 g/mol. The number of pyridine rings is 1. The van der Waals surface area contributed by atoms with Crippen LogP contribution in [0, 0.1) is 5.92 Å². The Bertz CT molecular complexity index is 934. The molecule has 2 aromatic rings. The summed E-state index contributed by atoms with van der Waals surface area (Å²) in [4.78, 5) is 31.4. The van der Waals surface area contributed by atoms with Gasteiger partial charge in [-0.1, -0.05) is 36.4 Å². The maximum atomic E-state index is 13.0. The van der Waals surface area contributed by atoms with Crippen LogP contribution in [0.1, 0.15) is 48.5 Å². The Morgan fingerprint density at radius 3 is 2.84 bits per heavy atom. The monoisotopic (exact) mass is 436 g/mol. The van der Waals surface area contributed by atoms with Crippen molar-refractivity contribution in [3.8, 4) is 0 Å². The van der Waals surface area contributed by atoms with E-state index in [1.165, 1.54) is 5.56 Å². The van der Waals surface area contributed by atoms with Gasteiger partial charge >= 0.3 is 5.97 Å². The lowest BCUT2D eigenvalue weighted by Crippen LogP contribution is -2.44. The SMILES string of the molecule is O=C(O)CC(NC(=O)[C@@H]1CCCN(CCc2ccc3c(n2)NCCC3)C1)c1ccccc1. The predicted octanol–water partition coefficient (Wildman–Crippen LogP) is 3.03. The van der Waals surface area contributed by atoms with Crippen molar-refractivity contribution in [2.24, 2.45) is 5.92 Å². The van der Waals surface area contributed by atoms with Crippen LogP contribution >= 0.6 is 0 Å². The van der Waals surface area contributed by atoms with Crippen LogP contribution in [0.5, 0.6) is 0 Å². The van der Waals surface area contributed by atoms with Crippen molar-refractivity contribution >= 4 is 17.7 Å². The fourth-order valence-electron chi connectivity index (χ4n) is 4.66. The van der Waals surface area contributed by atoms with E-state index in [0.29, 0.717) is 6.54 Å². The Hall–Kier alpha value is -2.93. The fraction of sp³-hybridized carbons (Fsp3) is 0.480. The highest BCUT2D eigenvalue weighted by Gasteiger charge is 2.28. The van der Waals surface area contributed by atoms with Gasteiger partial charge in [0.25, 0.3) is 0 Å². The third-order valence-electron chi connectivity index (χ3n) is 6.41. The maximum absolute atomic E-state index is 13.0. The van der Waals surface area contributed by atoms with E-state index in [1.54, 1.807) is 0 Å². The molecule has 7 nitrogen and oxygen atoms in total. The molecule has 4 rings (SSSR count). The number of hydrogen-bond donors (Lipinski definition) is 3. The molecule has 1 fully saturated rings. The molecule has 1 aromatic carbocycles. The van der Waals surface area contributed by atoms with Crippen LogP contribution in [0.4, 0.5) is 5.82 Å². The number of hydrogen-bond acceptors (Lipinski definition) is 5. The first-order valence-corrected chi connectivity index (χ1v) is 11.6. The second-order valence-corrected chi connectivity index (χ2v) is 8.80. The Balaban J connectivity index is 1.32. The van der Waals surface area contributed by atoms with Crippen molar-refractivity contribution in [3.63, 3.8) is 0 Å². The van der Waals surface area contributed by atoms with Gasteiger partial charge in [0.15, 0.2) is 0 Å². The number of anilines is 1. The lowest BCUT2D eigenvalue weighted by molar-refractivity contribution is -0.138. The van der Waals surface area contributed by atoms with Gasteiger partial charge in [-0.05, 0) is 49.4 Å². The van der Waals surface area contributed by atoms with Crippen LogP contribution in [0.15, 0.2) is 42.5 Å². The molecule has 0 radical (unpaired) electrons. The smallest absolute Gasteiger partial charge is 0.305 e. The highest BCUT2D eigenvalue weighted by atomic mass is 16.4. The number of rotatable bonds is 8. The molecule has 32 heavy (non-hydrogen) atoms. The molecule has 1 unspecified atom stereocenters. The Labute approximate surface area is 189 Å². The Morgan fingerprint density at radius 1 is 1.19 bits per heavy atom. The van der Waals surface area contributed by atoms with Crippen molar-refractivity contribution in [2.75, 3.05) is 31.5 Å². The van der Waals surface area contributed by atoms with Gasteiger partial charge in [-0.3, -0.25) is 9.59 Å². The van der Waals surface area contributed by atoms with Gasteiger partial charge in [-0.25, -0.2) is 4.98 Å². The summed E-state index contributed by atoms with van der Waals surface area (Å²) in [5, 5.41) is 15.7. The number of nitrogens with one attached hydrogen (secondary N) is 2. The largest absolute Gasteiger partial charge is 0.481 e. The summed E-state index contributed by atoms with van der Waals surface area (Å²) in [5.41, 5.74) is 3.20. The molecule has 7 heteroatoms. The van der Waals surface area contributed by atoms with Crippen LogP contribution in [0.2, 0.25) is 0 Å². The molecule has 1 amide bonds. The molecule has 0 aliphatic carbocycles. The highest BCUT2D eigenvalue weighted by molar-refractivity contribution is 5.80. The molecule has 3 N–H and O–H groups in total. The van der Waals surface area contributed by atoms with E-state index in [2.05, 4.69) is 27.7 Å². The summed E-state index contributed by atoms with van der Waals surface area (Å²) in [6, 6.07) is 13.1. The molecule has 0 saturated carbocycles. The number of piperidine rings is 1. The summed E-state index contributed by atoms with van der Waals surface area (Å²) in [6.45, 7) is 3.53. The van der Waals surface area contributed by atoms with E-state index in [1.807, 2.05) is 30.3 Å². The summed E-state index contributed by atoms with van der Waals surface area (Å²) >= 11 is 0. The quantitative estimate of drug-likeness (QED) is 0.589. The number of fused-ring (bicyclic) bond motifs is 1. The molecule has 2 atom stereocenters. The first-order chi connectivity index (χ1) is 15.6. The van der Waals surface area contributed by atoms with Gasteiger partial charge in [0.2, 0.25) is 5.91 Å². The number of aliphatic carboxylic acids is 1. The minimum atomic E-state index is -0.920. The molecule has 1 aromatic heterocycles. The second-order valence-electron chi connectivity index (χ2n) is 8.80. The van der Waals surface area contributed by atoms with E-state index in [-0.39, 0.29) is 18.2 Å². The predicted molar refractivity (Wildman–Crippen MR) is 123 cm³/mol.